The zero-order valence-electron chi connectivity index (χ0n) is 18.1. The van der Waals surface area contributed by atoms with Gasteiger partial charge in [-0.05, 0) is 57.1 Å². The molecule has 3 N–H and O–H groups in total. The zero-order valence-corrected chi connectivity index (χ0v) is 18.1. The molecule has 0 unspecified atom stereocenters. The first kappa shape index (κ1) is 20.1. The summed E-state index contributed by atoms with van der Waals surface area (Å²) in [7, 11) is 0. The fraction of sp³-hybridized carbons (Fsp3) is 0.435. The maximum Gasteiger partial charge on any atom is 0.247 e. The number of halogens is 1. The van der Waals surface area contributed by atoms with Crippen molar-refractivity contribution in [2.24, 2.45) is 0 Å². The third-order valence-corrected chi connectivity index (χ3v) is 6.58. The van der Waals surface area contributed by atoms with Crippen LogP contribution in [0.1, 0.15) is 55.0 Å². The molecule has 6 rings (SSSR count). The van der Waals surface area contributed by atoms with E-state index < -0.39 is 12.0 Å². The van der Waals surface area contributed by atoms with Crippen LogP contribution in [-0.4, -0.2) is 43.4 Å². The minimum Gasteiger partial charge on any atom is -0.329 e. The van der Waals surface area contributed by atoms with Crippen molar-refractivity contribution < 1.29 is 9.18 Å². The fourth-order valence-electron chi connectivity index (χ4n) is 4.72. The van der Waals surface area contributed by atoms with Crippen molar-refractivity contribution in [2.45, 2.75) is 56.9 Å². The topological polar surface area (TPSA) is 112 Å². The van der Waals surface area contributed by atoms with Crippen molar-refractivity contribution >= 4 is 29.3 Å². The highest BCUT2D eigenvalue weighted by atomic mass is 19.1. The molecule has 1 amide bonds. The summed E-state index contributed by atoms with van der Waals surface area (Å²) in [4.78, 5) is 36.1. The number of nitrogens with one attached hydrogen (secondary N) is 3. The molecule has 10 heteroatoms. The van der Waals surface area contributed by atoms with Gasteiger partial charge >= 0.3 is 0 Å². The molecule has 1 atom stereocenters. The molecule has 0 aromatic carbocycles. The molecule has 2 aliphatic carbocycles. The molecule has 33 heavy (non-hydrogen) atoms. The van der Waals surface area contributed by atoms with Crippen LogP contribution in [0.2, 0.25) is 0 Å². The predicted octanol–water partition coefficient (Wildman–Crippen LogP) is 3.45. The van der Waals surface area contributed by atoms with Gasteiger partial charge in [0.25, 0.3) is 0 Å². The second kappa shape index (κ2) is 8.09. The Kier molecular flexibility index (Phi) is 4.92. The lowest BCUT2D eigenvalue weighted by molar-refractivity contribution is -0.117. The summed E-state index contributed by atoms with van der Waals surface area (Å²) in [5, 5.41) is 6.21. The standard InChI is InChI=1S/C23H25FN8O/c24-19-9-8-14(11-25-19)27-21(33)18-5-2-10-32(18)23-29-16-4-1-3-15(16)20(31-23)30-22-26-12-17(28-22)13-6-7-13/h8-9,11-13,18H,1-7,10H2,(H,27,33)(H2,26,28,29,30,31)/t18-/m1/s1. The fourth-order valence-corrected chi connectivity index (χ4v) is 4.72. The highest BCUT2D eigenvalue weighted by Gasteiger charge is 2.34. The lowest BCUT2D eigenvalue weighted by Gasteiger charge is -2.25. The molecule has 2 fully saturated rings. The van der Waals surface area contributed by atoms with Crippen molar-refractivity contribution in [3.05, 3.63) is 47.4 Å². The van der Waals surface area contributed by atoms with Gasteiger partial charge in [-0.3, -0.25) is 4.79 Å². The van der Waals surface area contributed by atoms with E-state index in [1.165, 1.54) is 31.2 Å². The number of carbonyl (C=O) groups is 1. The van der Waals surface area contributed by atoms with Crippen molar-refractivity contribution in [1.29, 1.82) is 0 Å². The van der Waals surface area contributed by atoms with E-state index in [9.17, 15) is 9.18 Å². The Labute approximate surface area is 190 Å². The number of aromatic nitrogens is 5. The van der Waals surface area contributed by atoms with Crippen LogP contribution in [-0.2, 0) is 17.6 Å². The molecule has 1 saturated carbocycles. The Morgan fingerprint density at radius 2 is 2.00 bits per heavy atom. The summed E-state index contributed by atoms with van der Waals surface area (Å²) in [6.45, 7) is 0.699. The summed E-state index contributed by atoms with van der Waals surface area (Å²) in [5.74, 6) is 1.86. The highest BCUT2D eigenvalue weighted by molar-refractivity contribution is 5.96. The van der Waals surface area contributed by atoms with Gasteiger partial charge in [0.2, 0.25) is 23.8 Å². The van der Waals surface area contributed by atoms with Crippen molar-refractivity contribution in [3.8, 4) is 0 Å². The third-order valence-electron chi connectivity index (χ3n) is 6.58. The number of aromatic amines is 1. The van der Waals surface area contributed by atoms with E-state index in [2.05, 4.69) is 25.6 Å². The Morgan fingerprint density at radius 1 is 1.09 bits per heavy atom. The van der Waals surface area contributed by atoms with Crippen LogP contribution in [0.25, 0.3) is 0 Å². The number of aryl methyl sites for hydroxylation is 1. The molecular formula is C23H25FN8O. The van der Waals surface area contributed by atoms with E-state index >= 15 is 0 Å². The zero-order chi connectivity index (χ0) is 22.4. The minimum absolute atomic E-state index is 0.167. The molecule has 0 spiro atoms. The monoisotopic (exact) mass is 448 g/mol. The van der Waals surface area contributed by atoms with Crippen LogP contribution in [0.3, 0.4) is 0 Å². The van der Waals surface area contributed by atoms with E-state index in [-0.39, 0.29) is 5.91 Å². The van der Waals surface area contributed by atoms with Gasteiger partial charge in [0.05, 0.1) is 23.8 Å². The average molecular weight is 449 g/mol. The van der Waals surface area contributed by atoms with E-state index in [4.69, 9.17) is 9.97 Å². The first-order valence-electron chi connectivity index (χ1n) is 11.5. The number of anilines is 4. The first-order chi connectivity index (χ1) is 16.1. The summed E-state index contributed by atoms with van der Waals surface area (Å²) in [5.41, 5.74) is 3.79. The smallest absolute Gasteiger partial charge is 0.247 e. The summed E-state index contributed by atoms with van der Waals surface area (Å²) < 4.78 is 13.1. The molecule has 1 saturated heterocycles. The second-order valence-corrected chi connectivity index (χ2v) is 8.95. The van der Waals surface area contributed by atoms with Crippen LogP contribution in [0, 0.1) is 5.95 Å². The lowest BCUT2D eigenvalue weighted by atomic mass is 10.2. The van der Waals surface area contributed by atoms with Crippen molar-refractivity contribution in [2.75, 3.05) is 22.1 Å². The van der Waals surface area contributed by atoms with E-state index in [1.54, 1.807) is 0 Å². The van der Waals surface area contributed by atoms with Crippen LogP contribution >= 0.6 is 0 Å². The number of carbonyl (C=O) groups excluding carboxylic acids is 1. The summed E-state index contributed by atoms with van der Waals surface area (Å²) in [6.07, 6.45) is 10.1. The van der Waals surface area contributed by atoms with Crippen LogP contribution in [0.5, 0.6) is 0 Å². The average Bonchev–Trinajstić information content (AvgIpc) is 3.20. The van der Waals surface area contributed by atoms with Gasteiger partial charge in [0, 0.05) is 23.7 Å². The molecule has 0 bridgehead atoms. The maximum atomic E-state index is 13.1. The molecule has 0 radical (unpaired) electrons. The van der Waals surface area contributed by atoms with Gasteiger partial charge in [-0.25, -0.2) is 15.0 Å². The van der Waals surface area contributed by atoms with E-state index in [0.29, 0.717) is 36.5 Å². The van der Waals surface area contributed by atoms with Gasteiger partial charge in [-0.15, -0.1) is 0 Å². The van der Waals surface area contributed by atoms with Crippen molar-refractivity contribution in [3.63, 3.8) is 0 Å². The number of nitrogens with zero attached hydrogens (tertiary/aromatic N) is 5. The van der Waals surface area contributed by atoms with E-state index in [1.807, 2.05) is 11.1 Å². The van der Waals surface area contributed by atoms with Gasteiger partial charge in [0.15, 0.2) is 0 Å². The van der Waals surface area contributed by atoms with Gasteiger partial charge in [-0.2, -0.15) is 9.37 Å². The Bertz CT molecular complexity index is 1190. The molecule has 170 valence electrons. The number of imidazole rings is 1. The number of hydrogen-bond donors (Lipinski definition) is 3. The first-order valence-corrected chi connectivity index (χ1v) is 11.5. The van der Waals surface area contributed by atoms with E-state index in [0.717, 1.165) is 48.5 Å². The Hall–Kier alpha value is -3.56. The molecule has 3 aliphatic rings. The number of hydrogen-bond acceptors (Lipinski definition) is 7. The number of pyridine rings is 1. The highest BCUT2D eigenvalue weighted by Crippen LogP contribution is 2.39. The van der Waals surface area contributed by atoms with Crippen molar-refractivity contribution in [1.82, 2.24) is 24.9 Å². The lowest BCUT2D eigenvalue weighted by Crippen LogP contribution is -2.40. The normalized spacial score (nSPS) is 19.5. The predicted molar refractivity (Wildman–Crippen MR) is 121 cm³/mol. The Morgan fingerprint density at radius 3 is 2.82 bits per heavy atom. The largest absolute Gasteiger partial charge is 0.329 e. The summed E-state index contributed by atoms with van der Waals surface area (Å²) in [6, 6.07) is 2.34. The van der Waals surface area contributed by atoms with Crippen LogP contribution < -0.4 is 15.5 Å². The number of amides is 1. The molecule has 9 nitrogen and oxygen atoms in total. The maximum absolute atomic E-state index is 13.1. The van der Waals surface area contributed by atoms with Crippen LogP contribution in [0.15, 0.2) is 24.5 Å². The third kappa shape index (κ3) is 4.01. The number of H-pyrrole nitrogens is 1. The quantitative estimate of drug-likeness (QED) is 0.495. The molecule has 4 heterocycles. The Balaban J connectivity index is 1.25. The number of fused-ring (bicyclic) bond motifs is 1. The molecule has 3 aromatic heterocycles. The second-order valence-electron chi connectivity index (χ2n) is 8.95. The SMILES string of the molecule is O=C(Nc1ccc(F)nc1)[C@H]1CCCN1c1nc2c(c(Nc3ncc(C4CC4)[nH]3)n1)CCC2. The van der Waals surface area contributed by atoms with Gasteiger partial charge < -0.3 is 20.5 Å². The molecular weight excluding hydrogens is 423 g/mol. The molecule has 1 aliphatic heterocycles. The van der Waals surface area contributed by atoms with Gasteiger partial charge in [0.1, 0.15) is 11.9 Å². The minimum atomic E-state index is -0.581. The van der Waals surface area contributed by atoms with Gasteiger partial charge in [-0.1, -0.05) is 0 Å². The number of rotatable bonds is 6. The molecule has 3 aromatic rings. The summed E-state index contributed by atoms with van der Waals surface area (Å²) >= 11 is 0. The van der Waals surface area contributed by atoms with Crippen LogP contribution in [0.4, 0.5) is 27.8 Å².